The van der Waals surface area contributed by atoms with Crippen molar-refractivity contribution in [1.29, 1.82) is 0 Å². The number of hydrogen-bond acceptors (Lipinski definition) is 2. The Kier molecular flexibility index (Phi) is 5.59. The average molecular weight is 227 g/mol. The second-order valence-corrected chi connectivity index (χ2v) is 4.32. The van der Waals surface area contributed by atoms with Crippen molar-refractivity contribution in [1.82, 2.24) is 4.90 Å². The van der Waals surface area contributed by atoms with Crippen LogP contribution in [-0.4, -0.2) is 40.9 Å². The van der Waals surface area contributed by atoms with Gasteiger partial charge < -0.3 is 5.11 Å². The van der Waals surface area contributed by atoms with Crippen molar-refractivity contribution in [2.75, 3.05) is 6.54 Å². The van der Waals surface area contributed by atoms with E-state index in [4.69, 9.17) is 5.11 Å². The molecule has 5 heteroatoms. The highest BCUT2D eigenvalue weighted by atomic mass is 19.4. The second kappa shape index (κ2) is 5.70. The lowest BCUT2D eigenvalue weighted by Crippen LogP contribution is -2.45. The summed E-state index contributed by atoms with van der Waals surface area (Å²) in [5, 5.41) is 9.14. The molecule has 0 aliphatic carbocycles. The summed E-state index contributed by atoms with van der Waals surface area (Å²) < 4.78 is 36.8. The third kappa shape index (κ3) is 6.73. The van der Waals surface area contributed by atoms with Gasteiger partial charge in [0.25, 0.3) is 0 Å². The molecule has 0 fully saturated rings. The van der Waals surface area contributed by atoms with Crippen LogP contribution in [0.5, 0.6) is 0 Å². The van der Waals surface area contributed by atoms with E-state index < -0.39 is 18.8 Å². The maximum atomic E-state index is 12.3. The summed E-state index contributed by atoms with van der Waals surface area (Å²) in [6, 6.07) is -0.452. The van der Waals surface area contributed by atoms with Crippen LogP contribution >= 0.6 is 0 Å². The van der Waals surface area contributed by atoms with Crippen LogP contribution in [0.2, 0.25) is 0 Å². The minimum absolute atomic E-state index is 0.180. The van der Waals surface area contributed by atoms with Gasteiger partial charge in [-0.05, 0) is 34.1 Å². The maximum absolute atomic E-state index is 12.3. The summed E-state index contributed by atoms with van der Waals surface area (Å²) in [5.74, 6) is 0. The topological polar surface area (TPSA) is 23.5 Å². The van der Waals surface area contributed by atoms with E-state index in [-0.39, 0.29) is 12.1 Å². The quantitative estimate of drug-likeness (QED) is 0.779. The third-order valence-electron chi connectivity index (χ3n) is 2.27. The number of aliphatic hydroxyl groups is 1. The second-order valence-electron chi connectivity index (χ2n) is 4.32. The van der Waals surface area contributed by atoms with Gasteiger partial charge in [-0.15, -0.1) is 0 Å². The van der Waals surface area contributed by atoms with E-state index >= 15 is 0 Å². The van der Waals surface area contributed by atoms with Crippen LogP contribution < -0.4 is 0 Å². The van der Waals surface area contributed by atoms with E-state index in [2.05, 4.69) is 0 Å². The molecule has 0 saturated carbocycles. The highest BCUT2D eigenvalue weighted by Gasteiger charge is 2.33. The van der Waals surface area contributed by atoms with Gasteiger partial charge in [-0.2, -0.15) is 13.2 Å². The standard InChI is InChI=1S/C10H20F3NO/c1-7(2)14(6-10(11,12)13)8(3)5-9(4)15/h7-9,15H,5-6H2,1-4H3. The molecule has 0 rings (SSSR count). The molecule has 0 heterocycles. The lowest BCUT2D eigenvalue weighted by Gasteiger charge is -2.33. The molecule has 2 atom stereocenters. The lowest BCUT2D eigenvalue weighted by atomic mass is 10.1. The lowest BCUT2D eigenvalue weighted by molar-refractivity contribution is -0.155. The Morgan fingerprint density at radius 1 is 1.13 bits per heavy atom. The van der Waals surface area contributed by atoms with Crippen molar-refractivity contribution in [3.63, 3.8) is 0 Å². The smallest absolute Gasteiger partial charge is 0.393 e. The van der Waals surface area contributed by atoms with Crippen LogP contribution in [0, 0.1) is 0 Å². The zero-order valence-electron chi connectivity index (χ0n) is 9.67. The number of aliphatic hydroxyl groups excluding tert-OH is 1. The van der Waals surface area contributed by atoms with Gasteiger partial charge in [-0.1, -0.05) is 0 Å². The fourth-order valence-electron chi connectivity index (χ4n) is 1.68. The Labute approximate surface area is 89.1 Å². The SMILES string of the molecule is CC(O)CC(C)N(CC(F)(F)F)C(C)C. The molecule has 0 amide bonds. The Hall–Kier alpha value is -0.290. The molecule has 15 heavy (non-hydrogen) atoms. The summed E-state index contributed by atoms with van der Waals surface area (Å²) in [4.78, 5) is 1.35. The van der Waals surface area contributed by atoms with Gasteiger partial charge in [0, 0.05) is 12.1 Å². The summed E-state index contributed by atoms with van der Waals surface area (Å²) in [6.07, 6.45) is -4.40. The van der Waals surface area contributed by atoms with Crippen LogP contribution in [0.4, 0.5) is 13.2 Å². The first-order chi connectivity index (χ1) is 6.63. The Morgan fingerprint density at radius 2 is 1.60 bits per heavy atom. The summed E-state index contributed by atoms with van der Waals surface area (Å²) >= 11 is 0. The van der Waals surface area contributed by atoms with E-state index in [0.29, 0.717) is 6.42 Å². The molecule has 0 aliphatic rings. The predicted molar refractivity (Wildman–Crippen MR) is 53.7 cm³/mol. The van der Waals surface area contributed by atoms with Gasteiger partial charge in [0.05, 0.1) is 12.6 Å². The van der Waals surface area contributed by atoms with Crippen molar-refractivity contribution in [2.45, 2.75) is 58.5 Å². The number of alkyl halides is 3. The molecule has 2 nitrogen and oxygen atoms in total. The molecule has 0 aromatic carbocycles. The molecule has 0 aliphatic heterocycles. The highest BCUT2D eigenvalue weighted by Crippen LogP contribution is 2.21. The Morgan fingerprint density at radius 3 is 1.87 bits per heavy atom. The van der Waals surface area contributed by atoms with Gasteiger partial charge in [0.15, 0.2) is 0 Å². The van der Waals surface area contributed by atoms with E-state index in [1.807, 2.05) is 0 Å². The molecule has 2 unspecified atom stereocenters. The molecule has 0 saturated heterocycles. The average Bonchev–Trinajstić information content (AvgIpc) is 1.96. The maximum Gasteiger partial charge on any atom is 0.401 e. The van der Waals surface area contributed by atoms with Gasteiger partial charge in [-0.3, -0.25) is 4.90 Å². The molecular weight excluding hydrogens is 207 g/mol. The first kappa shape index (κ1) is 14.7. The van der Waals surface area contributed by atoms with E-state index in [9.17, 15) is 13.2 Å². The monoisotopic (exact) mass is 227 g/mol. The molecule has 0 radical (unpaired) electrons. The Bertz CT molecular complexity index is 180. The molecule has 0 bridgehead atoms. The minimum Gasteiger partial charge on any atom is -0.393 e. The van der Waals surface area contributed by atoms with Crippen LogP contribution in [0.1, 0.15) is 34.1 Å². The van der Waals surface area contributed by atoms with Crippen molar-refractivity contribution in [3.8, 4) is 0 Å². The zero-order valence-corrected chi connectivity index (χ0v) is 9.67. The van der Waals surface area contributed by atoms with Crippen molar-refractivity contribution >= 4 is 0 Å². The molecule has 0 spiro atoms. The minimum atomic E-state index is -4.18. The Balaban J connectivity index is 4.39. The number of nitrogens with zero attached hydrogens (tertiary/aromatic N) is 1. The van der Waals surface area contributed by atoms with Gasteiger partial charge in [-0.25, -0.2) is 0 Å². The first-order valence-corrected chi connectivity index (χ1v) is 5.14. The molecular formula is C10H20F3NO. The van der Waals surface area contributed by atoms with E-state index in [0.717, 1.165) is 0 Å². The van der Waals surface area contributed by atoms with Gasteiger partial charge in [0.2, 0.25) is 0 Å². The summed E-state index contributed by atoms with van der Waals surface area (Å²) in [5.41, 5.74) is 0. The van der Waals surface area contributed by atoms with Crippen LogP contribution in [0.15, 0.2) is 0 Å². The molecule has 0 aromatic heterocycles. The van der Waals surface area contributed by atoms with E-state index in [1.54, 1.807) is 27.7 Å². The normalized spacial score (nSPS) is 17.2. The number of halogens is 3. The number of rotatable bonds is 5. The highest BCUT2D eigenvalue weighted by molar-refractivity contribution is 4.75. The van der Waals surface area contributed by atoms with Gasteiger partial charge >= 0.3 is 6.18 Å². The first-order valence-electron chi connectivity index (χ1n) is 5.14. The van der Waals surface area contributed by atoms with Crippen molar-refractivity contribution < 1.29 is 18.3 Å². The summed E-state index contributed by atoms with van der Waals surface area (Å²) in [7, 11) is 0. The zero-order chi connectivity index (χ0) is 12.2. The van der Waals surface area contributed by atoms with E-state index in [1.165, 1.54) is 4.90 Å². The molecule has 92 valence electrons. The van der Waals surface area contributed by atoms with Gasteiger partial charge in [0.1, 0.15) is 0 Å². The fraction of sp³-hybridized carbons (Fsp3) is 1.00. The van der Waals surface area contributed by atoms with Crippen LogP contribution in [0.3, 0.4) is 0 Å². The third-order valence-corrected chi connectivity index (χ3v) is 2.27. The largest absolute Gasteiger partial charge is 0.401 e. The number of hydrogen-bond donors (Lipinski definition) is 1. The van der Waals surface area contributed by atoms with Crippen molar-refractivity contribution in [2.24, 2.45) is 0 Å². The van der Waals surface area contributed by atoms with Crippen LogP contribution in [0.25, 0.3) is 0 Å². The summed E-state index contributed by atoms with van der Waals surface area (Å²) in [6.45, 7) is 5.83. The molecule has 1 N–H and O–H groups in total. The molecule has 0 aromatic rings. The predicted octanol–water partition coefficient (Wildman–Crippen LogP) is 2.42. The van der Waals surface area contributed by atoms with Crippen molar-refractivity contribution in [3.05, 3.63) is 0 Å². The van der Waals surface area contributed by atoms with Crippen LogP contribution in [-0.2, 0) is 0 Å². The fourth-order valence-corrected chi connectivity index (χ4v) is 1.68.